The van der Waals surface area contributed by atoms with Crippen LogP contribution in [0.2, 0.25) is 0 Å². The van der Waals surface area contributed by atoms with Gasteiger partial charge in [0.05, 0.1) is 7.11 Å². The lowest BCUT2D eigenvalue weighted by Crippen LogP contribution is -2.56. The highest BCUT2D eigenvalue weighted by molar-refractivity contribution is 5.83. The average Bonchev–Trinajstić information content (AvgIpc) is 2.34. The minimum absolute atomic E-state index is 0.0771. The zero-order valence-electron chi connectivity index (χ0n) is 14.3. The van der Waals surface area contributed by atoms with Crippen LogP contribution in [-0.4, -0.2) is 43.0 Å². The van der Waals surface area contributed by atoms with E-state index in [2.05, 4.69) is 20.7 Å². The number of hydrogen-bond acceptors (Lipinski definition) is 5. The molecule has 0 spiro atoms. The van der Waals surface area contributed by atoms with Gasteiger partial charge in [-0.2, -0.15) is 0 Å². The van der Waals surface area contributed by atoms with Gasteiger partial charge in [0.2, 0.25) is 0 Å². The molecule has 8 heteroatoms. The van der Waals surface area contributed by atoms with Crippen molar-refractivity contribution in [2.75, 3.05) is 7.11 Å². The molecule has 0 aromatic carbocycles. The molecule has 0 aliphatic carbocycles. The first-order valence-electron chi connectivity index (χ1n) is 7.10. The molecule has 0 radical (unpaired) electrons. The minimum Gasteiger partial charge on any atom is -0.467 e. The third-order valence-electron chi connectivity index (χ3n) is 2.53. The fraction of sp³-hybridized carbons (Fsp3) is 0.786. The standard InChI is InChI=1S/C14H27N3O5/c1-8(2)10(17-13(20)22-14(4,5)6)16-12(19)15-9(3)11(18)21-7/h8-10H,1-7H3,(H,17,20)(H2,15,16,19)/t9-,10+/m0/s1. The predicted octanol–water partition coefficient (Wildman–Crippen LogP) is 1.35. The Labute approximate surface area is 131 Å². The van der Waals surface area contributed by atoms with Gasteiger partial charge in [0.1, 0.15) is 17.8 Å². The van der Waals surface area contributed by atoms with E-state index < -0.39 is 35.9 Å². The molecule has 0 aliphatic rings. The molecule has 8 nitrogen and oxygen atoms in total. The number of amides is 3. The highest BCUT2D eigenvalue weighted by atomic mass is 16.6. The summed E-state index contributed by atoms with van der Waals surface area (Å²) < 4.78 is 9.65. The number of hydrogen-bond donors (Lipinski definition) is 3. The number of esters is 1. The number of methoxy groups -OCH3 is 1. The molecule has 128 valence electrons. The lowest BCUT2D eigenvalue weighted by molar-refractivity contribution is -0.142. The van der Waals surface area contributed by atoms with Crippen molar-refractivity contribution in [1.29, 1.82) is 0 Å². The van der Waals surface area contributed by atoms with Gasteiger partial charge in [-0.05, 0) is 33.6 Å². The van der Waals surface area contributed by atoms with E-state index in [4.69, 9.17) is 4.74 Å². The number of rotatable bonds is 5. The summed E-state index contributed by atoms with van der Waals surface area (Å²) in [7, 11) is 1.24. The van der Waals surface area contributed by atoms with Crippen molar-refractivity contribution in [3.63, 3.8) is 0 Å². The zero-order valence-corrected chi connectivity index (χ0v) is 14.3. The molecule has 3 N–H and O–H groups in total. The molecular formula is C14H27N3O5. The molecular weight excluding hydrogens is 290 g/mol. The lowest BCUT2D eigenvalue weighted by Gasteiger charge is -2.26. The second-order valence-electron chi connectivity index (χ2n) is 6.23. The number of carbonyl (C=O) groups is 3. The summed E-state index contributed by atoms with van der Waals surface area (Å²) in [5.74, 6) is -0.636. The average molecular weight is 317 g/mol. The van der Waals surface area contributed by atoms with Crippen molar-refractivity contribution in [1.82, 2.24) is 16.0 Å². The molecule has 0 aromatic rings. The molecule has 0 saturated carbocycles. The van der Waals surface area contributed by atoms with Crippen molar-refractivity contribution < 1.29 is 23.9 Å². The van der Waals surface area contributed by atoms with Gasteiger partial charge >= 0.3 is 18.1 Å². The molecule has 0 unspecified atom stereocenters. The summed E-state index contributed by atoms with van der Waals surface area (Å²) in [4.78, 5) is 34.8. The highest BCUT2D eigenvalue weighted by Crippen LogP contribution is 2.07. The number of carbonyl (C=O) groups excluding carboxylic acids is 3. The van der Waals surface area contributed by atoms with Crippen molar-refractivity contribution in [3.05, 3.63) is 0 Å². The second-order valence-corrected chi connectivity index (χ2v) is 6.23. The SMILES string of the molecule is COC(=O)[C@H](C)NC(=O)N[C@H](NC(=O)OC(C)(C)C)C(C)C. The fourth-order valence-electron chi connectivity index (χ4n) is 1.42. The maximum atomic E-state index is 11.8. The van der Waals surface area contributed by atoms with E-state index in [-0.39, 0.29) is 5.92 Å². The van der Waals surface area contributed by atoms with Gasteiger partial charge in [0.25, 0.3) is 0 Å². The largest absolute Gasteiger partial charge is 0.467 e. The Hall–Kier alpha value is -1.99. The zero-order chi connectivity index (χ0) is 17.5. The summed E-state index contributed by atoms with van der Waals surface area (Å²) in [6.45, 7) is 10.4. The van der Waals surface area contributed by atoms with Crippen LogP contribution in [-0.2, 0) is 14.3 Å². The van der Waals surface area contributed by atoms with E-state index in [1.54, 1.807) is 20.8 Å². The number of urea groups is 1. The van der Waals surface area contributed by atoms with E-state index >= 15 is 0 Å². The fourth-order valence-corrected chi connectivity index (χ4v) is 1.42. The normalized spacial score (nSPS) is 13.8. The van der Waals surface area contributed by atoms with E-state index in [1.807, 2.05) is 13.8 Å². The summed E-state index contributed by atoms with van der Waals surface area (Å²) in [5, 5.41) is 7.57. The molecule has 0 aromatic heterocycles. The van der Waals surface area contributed by atoms with E-state index in [9.17, 15) is 14.4 Å². The highest BCUT2D eigenvalue weighted by Gasteiger charge is 2.24. The summed E-state index contributed by atoms with van der Waals surface area (Å²) >= 11 is 0. The first-order chi connectivity index (χ1) is 9.96. The minimum atomic E-state index is -0.792. The quantitative estimate of drug-likeness (QED) is 0.524. The van der Waals surface area contributed by atoms with Crippen LogP contribution in [0.5, 0.6) is 0 Å². The predicted molar refractivity (Wildman–Crippen MR) is 81.1 cm³/mol. The summed E-state index contributed by atoms with van der Waals surface area (Å²) in [6, 6.07) is -1.38. The molecule has 0 heterocycles. The molecule has 22 heavy (non-hydrogen) atoms. The Morgan fingerprint density at radius 3 is 1.91 bits per heavy atom. The Morgan fingerprint density at radius 2 is 1.50 bits per heavy atom. The van der Waals surface area contributed by atoms with Gasteiger partial charge in [0.15, 0.2) is 0 Å². The van der Waals surface area contributed by atoms with Gasteiger partial charge in [-0.1, -0.05) is 13.8 Å². The van der Waals surface area contributed by atoms with E-state index in [0.717, 1.165) is 0 Å². The molecule has 0 saturated heterocycles. The van der Waals surface area contributed by atoms with Crippen LogP contribution in [0.25, 0.3) is 0 Å². The van der Waals surface area contributed by atoms with Gasteiger partial charge in [-0.25, -0.2) is 14.4 Å². The van der Waals surface area contributed by atoms with Gasteiger partial charge in [0, 0.05) is 0 Å². The number of alkyl carbamates (subject to hydrolysis) is 1. The Balaban J connectivity index is 4.56. The van der Waals surface area contributed by atoms with E-state index in [0.29, 0.717) is 0 Å². The van der Waals surface area contributed by atoms with Crippen molar-refractivity contribution in [2.24, 2.45) is 5.92 Å². The molecule has 0 rings (SSSR count). The maximum Gasteiger partial charge on any atom is 0.409 e. The monoisotopic (exact) mass is 317 g/mol. The van der Waals surface area contributed by atoms with Crippen LogP contribution in [0.4, 0.5) is 9.59 Å². The molecule has 0 aliphatic heterocycles. The van der Waals surface area contributed by atoms with Crippen LogP contribution in [0.1, 0.15) is 41.5 Å². The number of nitrogens with one attached hydrogen (secondary N) is 3. The smallest absolute Gasteiger partial charge is 0.409 e. The van der Waals surface area contributed by atoms with E-state index in [1.165, 1.54) is 14.0 Å². The topological polar surface area (TPSA) is 106 Å². The van der Waals surface area contributed by atoms with Crippen molar-refractivity contribution >= 4 is 18.1 Å². The Morgan fingerprint density at radius 1 is 0.955 bits per heavy atom. The first kappa shape index (κ1) is 20.0. The lowest BCUT2D eigenvalue weighted by atomic mass is 10.1. The Bertz CT molecular complexity index is 404. The second kappa shape index (κ2) is 8.45. The van der Waals surface area contributed by atoms with Crippen LogP contribution >= 0.6 is 0 Å². The Kier molecular flexibility index (Phi) is 7.69. The molecule has 2 atom stereocenters. The van der Waals surface area contributed by atoms with Crippen LogP contribution < -0.4 is 16.0 Å². The third kappa shape index (κ3) is 8.33. The van der Waals surface area contributed by atoms with Crippen molar-refractivity contribution in [2.45, 2.75) is 59.4 Å². The van der Waals surface area contributed by atoms with Crippen LogP contribution in [0.15, 0.2) is 0 Å². The van der Waals surface area contributed by atoms with Gasteiger partial charge < -0.3 is 25.4 Å². The van der Waals surface area contributed by atoms with Crippen molar-refractivity contribution in [3.8, 4) is 0 Å². The van der Waals surface area contributed by atoms with Crippen LogP contribution in [0.3, 0.4) is 0 Å². The first-order valence-corrected chi connectivity index (χ1v) is 7.10. The maximum absolute atomic E-state index is 11.8. The van der Waals surface area contributed by atoms with Gasteiger partial charge in [-0.3, -0.25) is 0 Å². The molecule has 0 bridgehead atoms. The molecule has 0 fully saturated rings. The summed E-state index contributed by atoms with van der Waals surface area (Å²) in [5.41, 5.74) is -0.632. The third-order valence-corrected chi connectivity index (χ3v) is 2.53. The molecule has 3 amide bonds. The van der Waals surface area contributed by atoms with Gasteiger partial charge in [-0.15, -0.1) is 0 Å². The summed E-state index contributed by atoms with van der Waals surface area (Å²) in [6.07, 6.45) is -1.27. The van der Waals surface area contributed by atoms with Crippen LogP contribution in [0, 0.1) is 5.92 Å². The number of ether oxygens (including phenoxy) is 2.